The van der Waals surface area contributed by atoms with Gasteiger partial charge < -0.3 is 4.57 Å². The molecule has 0 aliphatic heterocycles. The van der Waals surface area contributed by atoms with Crippen LogP contribution in [0.15, 0.2) is 170 Å². The first kappa shape index (κ1) is 28.6. The molecule has 0 atom stereocenters. The third-order valence-electron chi connectivity index (χ3n) is 9.46. The zero-order chi connectivity index (χ0) is 33.0. The molecule has 0 fully saturated rings. The van der Waals surface area contributed by atoms with Crippen molar-refractivity contribution in [2.45, 2.75) is 0 Å². The molecular weight excluding hydrogens is 629 g/mol. The largest absolute Gasteiger partial charge is 0.309 e. The molecule has 3 heterocycles. The number of nitrogens with zero attached hydrogens (tertiary/aromatic N) is 4. The van der Waals surface area contributed by atoms with Crippen molar-refractivity contribution in [3.63, 3.8) is 0 Å². The van der Waals surface area contributed by atoms with Crippen molar-refractivity contribution in [1.82, 2.24) is 19.5 Å². The second-order valence-corrected chi connectivity index (χ2v) is 13.5. The van der Waals surface area contributed by atoms with Crippen molar-refractivity contribution in [2.75, 3.05) is 0 Å². The van der Waals surface area contributed by atoms with Gasteiger partial charge in [-0.05, 0) is 59.7 Å². The fraction of sp³-hybridized carbons (Fsp3) is 0. The van der Waals surface area contributed by atoms with Crippen LogP contribution in [0.5, 0.6) is 0 Å². The van der Waals surface area contributed by atoms with Crippen LogP contribution in [0.2, 0.25) is 0 Å². The van der Waals surface area contributed by atoms with Crippen LogP contribution in [0.25, 0.3) is 93.0 Å². The van der Waals surface area contributed by atoms with Crippen LogP contribution in [0, 0.1) is 0 Å². The molecule has 0 spiro atoms. The summed E-state index contributed by atoms with van der Waals surface area (Å²) < 4.78 is 4.77. The van der Waals surface area contributed by atoms with Crippen molar-refractivity contribution in [2.24, 2.45) is 0 Å². The van der Waals surface area contributed by atoms with Crippen LogP contribution >= 0.6 is 11.3 Å². The molecule has 7 aromatic carbocycles. The van der Waals surface area contributed by atoms with Crippen molar-refractivity contribution in [3.05, 3.63) is 170 Å². The molecule has 0 saturated carbocycles. The summed E-state index contributed by atoms with van der Waals surface area (Å²) in [7, 11) is 0. The molecule has 234 valence electrons. The minimum atomic E-state index is 0.666. The Balaban J connectivity index is 1.12. The minimum Gasteiger partial charge on any atom is -0.309 e. The minimum absolute atomic E-state index is 0.666. The second-order valence-electron chi connectivity index (χ2n) is 12.5. The Hall–Kier alpha value is -6.43. The molecule has 0 radical (unpaired) electrons. The molecule has 10 rings (SSSR count). The summed E-state index contributed by atoms with van der Waals surface area (Å²) >= 11 is 1.79. The highest BCUT2D eigenvalue weighted by molar-refractivity contribution is 7.26. The van der Waals surface area contributed by atoms with Gasteiger partial charge in [0, 0.05) is 53.3 Å². The maximum Gasteiger partial charge on any atom is 0.165 e. The summed E-state index contributed by atoms with van der Waals surface area (Å²) in [5.74, 6) is 2.01. The number of para-hydroxylation sites is 2. The molecule has 4 nitrogen and oxygen atoms in total. The fourth-order valence-electron chi connectivity index (χ4n) is 7.09. The summed E-state index contributed by atoms with van der Waals surface area (Å²) in [4.78, 5) is 15.0. The molecule has 0 amide bonds. The van der Waals surface area contributed by atoms with Gasteiger partial charge in [-0.3, -0.25) is 0 Å². The molecule has 0 unspecified atom stereocenters. The lowest BCUT2D eigenvalue weighted by Gasteiger charge is -2.09. The molecule has 0 saturated heterocycles. The van der Waals surface area contributed by atoms with E-state index in [1.54, 1.807) is 11.3 Å². The maximum absolute atomic E-state index is 5.04. The van der Waals surface area contributed by atoms with E-state index in [0.717, 1.165) is 16.7 Å². The van der Waals surface area contributed by atoms with E-state index < -0.39 is 0 Å². The third-order valence-corrected chi connectivity index (χ3v) is 10.7. The Morgan fingerprint density at radius 2 is 0.940 bits per heavy atom. The lowest BCUT2D eigenvalue weighted by Crippen LogP contribution is -2.00. The van der Waals surface area contributed by atoms with E-state index in [-0.39, 0.29) is 0 Å². The van der Waals surface area contributed by atoms with Gasteiger partial charge in [-0.15, -0.1) is 11.3 Å². The van der Waals surface area contributed by atoms with Crippen LogP contribution in [0.1, 0.15) is 0 Å². The van der Waals surface area contributed by atoms with Crippen molar-refractivity contribution < 1.29 is 0 Å². The summed E-state index contributed by atoms with van der Waals surface area (Å²) in [6.07, 6.45) is 0. The molecule has 50 heavy (non-hydrogen) atoms. The van der Waals surface area contributed by atoms with Crippen LogP contribution in [0.4, 0.5) is 0 Å². The molecule has 0 bridgehead atoms. The molecular formula is C45H28N4S. The van der Waals surface area contributed by atoms with E-state index in [9.17, 15) is 0 Å². The lowest BCUT2D eigenvalue weighted by molar-refractivity contribution is 1.08. The van der Waals surface area contributed by atoms with Crippen LogP contribution in [-0.4, -0.2) is 19.5 Å². The van der Waals surface area contributed by atoms with Gasteiger partial charge in [-0.25, -0.2) is 15.0 Å². The van der Waals surface area contributed by atoms with E-state index in [1.165, 1.54) is 58.8 Å². The number of hydrogen-bond donors (Lipinski definition) is 0. The molecule has 0 N–H and O–H groups in total. The predicted molar refractivity (Wildman–Crippen MR) is 209 cm³/mol. The van der Waals surface area contributed by atoms with Crippen LogP contribution in [-0.2, 0) is 0 Å². The number of rotatable bonds is 5. The summed E-state index contributed by atoms with van der Waals surface area (Å²) in [5.41, 5.74) is 8.91. The van der Waals surface area contributed by atoms with Crippen molar-refractivity contribution in [3.8, 4) is 51.0 Å². The first-order chi connectivity index (χ1) is 24.8. The number of fused-ring (bicyclic) bond motifs is 6. The SMILES string of the molecule is c1ccc(-c2nc(-c3ccccc3)nc(-c3cccc4c3sc3ccc(-c5ccc6c(c5)c5ccccc5n6-c5ccccc5)cc34)n2)cc1. The van der Waals surface area contributed by atoms with Gasteiger partial charge in [0.05, 0.1) is 11.0 Å². The van der Waals surface area contributed by atoms with Gasteiger partial charge in [-0.1, -0.05) is 121 Å². The molecule has 10 aromatic rings. The zero-order valence-corrected chi connectivity index (χ0v) is 27.7. The molecule has 0 aliphatic carbocycles. The molecule has 0 aliphatic rings. The summed E-state index contributed by atoms with van der Waals surface area (Å²) in [6.45, 7) is 0. The van der Waals surface area contributed by atoms with Crippen molar-refractivity contribution >= 4 is 53.3 Å². The quantitative estimate of drug-likeness (QED) is 0.185. The Labute approximate surface area is 292 Å². The Morgan fingerprint density at radius 3 is 1.66 bits per heavy atom. The average molecular weight is 657 g/mol. The molecule has 3 aromatic heterocycles. The van der Waals surface area contributed by atoms with Crippen LogP contribution < -0.4 is 0 Å². The third kappa shape index (κ3) is 4.71. The van der Waals surface area contributed by atoms with Crippen molar-refractivity contribution in [1.29, 1.82) is 0 Å². The van der Waals surface area contributed by atoms with Crippen LogP contribution in [0.3, 0.4) is 0 Å². The zero-order valence-electron chi connectivity index (χ0n) is 26.9. The summed E-state index contributed by atoms with van der Waals surface area (Å²) in [5, 5.41) is 4.94. The van der Waals surface area contributed by atoms with E-state index in [4.69, 9.17) is 15.0 Å². The summed E-state index contributed by atoms with van der Waals surface area (Å²) in [6, 6.07) is 59.8. The first-order valence-electron chi connectivity index (χ1n) is 16.7. The highest BCUT2D eigenvalue weighted by Crippen LogP contribution is 2.42. The fourth-order valence-corrected chi connectivity index (χ4v) is 8.28. The average Bonchev–Trinajstić information content (AvgIpc) is 3.74. The predicted octanol–water partition coefficient (Wildman–Crippen LogP) is 12.0. The van der Waals surface area contributed by atoms with Gasteiger partial charge in [0.25, 0.3) is 0 Å². The highest BCUT2D eigenvalue weighted by atomic mass is 32.1. The number of aromatic nitrogens is 4. The normalized spacial score (nSPS) is 11.6. The van der Waals surface area contributed by atoms with Gasteiger partial charge in [-0.2, -0.15) is 0 Å². The van der Waals surface area contributed by atoms with E-state index in [0.29, 0.717) is 17.5 Å². The van der Waals surface area contributed by atoms with E-state index in [2.05, 4.69) is 114 Å². The number of hydrogen-bond acceptors (Lipinski definition) is 4. The first-order valence-corrected chi connectivity index (χ1v) is 17.5. The second kappa shape index (κ2) is 11.6. The number of benzene rings is 7. The van der Waals surface area contributed by atoms with E-state index in [1.807, 2.05) is 60.7 Å². The maximum atomic E-state index is 5.04. The Morgan fingerprint density at radius 1 is 0.380 bits per heavy atom. The number of thiophene rings is 1. The Bertz CT molecular complexity index is 2800. The van der Waals surface area contributed by atoms with Gasteiger partial charge in [0.2, 0.25) is 0 Å². The van der Waals surface area contributed by atoms with Gasteiger partial charge in [0.1, 0.15) is 0 Å². The standard InChI is InChI=1S/C45H28N4S/c1-4-13-29(14-5-1)43-46-44(30-15-6-2-7-16-30)48-45(47-43)36-21-12-20-35-38-28-32(24-26-41(38)50-42(35)36)31-23-25-40-37(27-31)34-19-10-11-22-39(34)49(40)33-17-8-3-9-18-33/h1-28H. The monoisotopic (exact) mass is 656 g/mol. The van der Waals surface area contributed by atoms with E-state index >= 15 is 0 Å². The molecule has 5 heteroatoms. The van der Waals surface area contributed by atoms with Gasteiger partial charge in [0.15, 0.2) is 17.5 Å². The highest BCUT2D eigenvalue weighted by Gasteiger charge is 2.18. The lowest BCUT2D eigenvalue weighted by atomic mass is 10.00. The topological polar surface area (TPSA) is 43.6 Å². The Kier molecular flexibility index (Phi) is 6.64. The van der Waals surface area contributed by atoms with Gasteiger partial charge >= 0.3 is 0 Å². The smallest absolute Gasteiger partial charge is 0.165 e.